The Morgan fingerprint density at radius 2 is 2.18 bits per heavy atom. The van der Waals surface area contributed by atoms with Crippen LogP contribution in [0.3, 0.4) is 0 Å². The molecule has 1 amide bonds. The molecule has 0 radical (unpaired) electrons. The summed E-state index contributed by atoms with van der Waals surface area (Å²) in [4.78, 5) is 24.7. The number of ketones is 1. The molecule has 0 N–H and O–H groups in total. The molecule has 0 atom stereocenters. The first-order chi connectivity index (χ1) is 8.08. The van der Waals surface area contributed by atoms with Crippen LogP contribution in [-0.4, -0.2) is 23.1 Å². The van der Waals surface area contributed by atoms with Crippen LogP contribution in [0.1, 0.15) is 16.8 Å². The van der Waals surface area contributed by atoms with Crippen molar-refractivity contribution in [2.75, 3.05) is 6.54 Å². The third-order valence-electron chi connectivity index (χ3n) is 2.46. The van der Waals surface area contributed by atoms with Gasteiger partial charge in [0.25, 0.3) is 5.91 Å². The number of carbonyl (C=O) groups excluding carboxylic acids is 2. The molecule has 2 rings (SSSR count). The number of nitrogens with zero attached hydrogens (tertiary/aromatic N) is 1. The number of benzene rings is 1. The molecule has 17 heavy (non-hydrogen) atoms. The zero-order valence-corrected chi connectivity index (χ0v) is 11.2. The monoisotopic (exact) mass is 313 g/mol. The van der Waals surface area contributed by atoms with Crippen LogP contribution < -0.4 is 0 Å². The molecule has 0 saturated carbocycles. The Labute approximate surface area is 112 Å². The molecule has 0 fully saturated rings. The van der Waals surface area contributed by atoms with Crippen molar-refractivity contribution in [1.82, 2.24) is 4.90 Å². The lowest BCUT2D eigenvalue weighted by Gasteiger charge is -2.21. The number of carbonyl (C=O) groups is 2. The van der Waals surface area contributed by atoms with Gasteiger partial charge in [-0.25, -0.2) is 0 Å². The van der Waals surface area contributed by atoms with E-state index in [4.69, 9.17) is 11.6 Å². The Balaban J connectivity index is 2.25. The van der Waals surface area contributed by atoms with Gasteiger partial charge in [-0.15, -0.1) is 0 Å². The number of amides is 1. The van der Waals surface area contributed by atoms with Crippen LogP contribution in [0.5, 0.6) is 0 Å². The second-order valence-electron chi connectivity index (χ2n) is 3.65. The number of hydrogen-bond donors (Lipinski definition) is 0. The molecular weight excluding hydrogens is 305 g/mol. The third-order valence-corrected chi connectivity index (χ3v) is 3.35. The van der Waals surface area contributed by atoms with E-state index in [1.165, 1.54) is 17.2 Å². The van der Waals surface area contributed by atoms with E-state index in [0.29, 0.717) is 28.0 Å². The third kappa shape index (κ3) is 2.76. The zero-order chi connectivity index (χ0) is 12.4. The van der Waals surface area contributed by atoms with Crippen molar-refractivity contribution in [2.24, 2.45) is 0 Å². The van der Waals surface area contributed by atoms with Gasteiger partial charge in [0, 0.05) is 28.7 Å². The molecule has 5 heteroatoms. The first-order valence-electron chi connectivity index (χ1n) is 5.05. The minimum absolute atomic E-state index is 0.0456. The molecule has 0 aliphatic carbocycles. The van der Waals surface area contributed by atoms with Crippen LogP contribution in [-0.2, 0) is 4.79 Å². The van der Waals surface area contributed by atoms with E-state index >= 15 is 0 Å². The summed E-state index contributed by atoms with van der Waals surface area (Å²) in [7, 11) is 0. The fourth-order valence-corrected chi connectivity index (χ4v) is 2.40. The maximum atomic E-state index is 12.1. The van der Waals surface area contributed by atoms with E-state index in [0.717, 1.165) is 0 Å². The highest BCUT2D eigenvalue weighted by molar-refractivity contribution is 9.10. The lowest BCUT2D eigenvalue weighted by Crippen LogP contribution is -2.31. The molecule has 0 aromatic heterocycles. The van der Waals surface area contributed by atoms with E-state index in [-0.39, 0.29) is 11.7 Å². The number of hydrogen-bond acceptors (Lipinski definition) is 2. The van der Waals surface area contributed by atoms with Crippen molar-refractivity contribution in [2.45, 2.75) is 6.42 Å². The summed E-state index contributed by atoms with van der Waals surface area (Å²) in [5, 5.41) is 0.567. The Kier molecular flexibility index (Phi) is 3.64. The molecule has 0 saturated heterocycles. The molecular formula is C12H9BrClNO2. The van der Waals surface area contributed by atoms with E-state index in [1.807, 2.05) is 0 Å². The summed E-state index contributed by atoms with van der Waals surface area (Å²) >= 11 is 9.12. The minimum atomic E-state index is -0.141. The van der Waals surface area contributed by atoms with Crippen LogP contribution in [0, 0.1) is 0 Å². The Bertz CT molecular complexity index is 513. The van der Waals surface area contributed by atoms with Crippen molar-refractivity contribution in [3.63, 3.8) is 0 Å². The molecule has 1 aromatic rings. The van der Waals surface area contributed by atoms with Crippen molar-refractivity contribution >= 4 is 39.2 Å². The highest BCUT2D eigenvalue weighted by Gasteiger charge is 2.19. The van der Waals surface area contributed by atoms with E-state index in [2.05, 4.69) is 15.9 Å². The molecule has 0 spiro atoms. The predicted octanol–water partition coefficient (Wildman–Crippen LogP) is 3.03. The van der Waals surface area contributed by atoms with Crippen molar-refractivity contribution in [3.8, 4) is 0 Å². The molecule has 1 aliphatic rings. The van der Waals surface area contributed by atoms with Gasteiger partial charge in [0.05, 0.1) is 5.56 Å². The van der Waals surface area contributed by atoms with Crippen molar-refractivity contribution in [3.05, 3.63) is 45.5 Å². The summed E-state index contributed by atoms with van der Waals surface area (Å²) < 4.78 is 0.653. The van der Waals surface area contributed by atoms with Gasteiger partial charge in [-0.05, 0) is 40.2 Å². The van der Waals surface area contributed by atoms with E-state index in [1.54, 1.807) is 18.2 Å². The lowest BCUT2D eigenvalue weighted by atomic mass is 10.1. The van der Waals surface area contributed by atoms with Gasteiger partial charge in [-0.3, -0.25) is 9.59 Å². The fourth-order valence-electron chi connectivity index (χ4n) is 1.55. The first kappa shape index (κ1) is 12.3. The summed E-state index contributed by atoms with van der Waals surface area (Å²) in [6.07, 6.45) is 3.31. The molecule has 1 heterocycles. The Hall–Kier alpha value is -1.13. The van der Waals surface area contributed by atoms with Crippen LogP contribution in [0.2, 0.25) is 5.02 Å². The van der Waals surface area contributed by atoms with Gasteiger partial charge in [-0.2, -0.15) is 0 Å². The summed E-state index contributed by atoms with van der Waals surface area (Å²) in [5.74, 6) is -0.0958. The second kappa shape index (κ2) is 5.02. The Morgan fingerprint density at radius 1 is 1.41 bits per heavy atom. The summed E-state index contributed by atoms with van der Waals surface area (Å²) in [6.45, 7) is 0.420. The molecule has 0 bridgehead atoms. The Morgan fingerprint density at radius 3 is 2.76 bits per heavy atom. The molecule has 88 valence electrons. The largest absolute Gasteiger partial charge is 0.314 e. The van der Waals surface area contributed by atoms with Crippen LogP contribution in [0.4, 0.5) is 0 Å². The van der Waals surface area contributed by atoms with Gasteiger partial charge < -0.3 is 4.90 Å². The molecule has 1 aliphatic heterocycles. The molecule has 3 nitrogen and oxygen atoms in total. The highest BCUT2D eigenvalue weighted by atomic mass is 79.9. The van der Waals surface area contributed by atoms with Gasteiger partial charge in [0.1, 0.15) is 0 Å². The maximum absolute atomic E-state index is 12.1. The summed E-state index contributed by atoms with van der Waals surface area (Å²) in [5.41, 5.74) is 0.536. The molecule has 0 unspecified atom stereocenters. The number of allylic oxidation sites excluding steroid dienone is 1. The van der Waals surface area contributed by atoms with Crippen LogP contribution >= 0.6 is 27.5 Å². The quantitative estimate of drug-likeness (QED) is 0.799. The SMILES string of the molecule is O=C1C=CN(C(=O)c2ccc(Cl)cc2Br)CC1. The molecule has 1 aromatic carbocycles. The standard InChI is InChI=1S/C12H9BrClNO2/c13-11-7-8(14)1-2-10(11)12(17)15-5-3-9(16)4-6-15/h1-3,5,7H,4,6H2. The minimum Gasteiger partial charge on any atom is -0.314 e. The average molecular weight is 315 g/mol. The maximum Gasteiger partial charge on any atom is 0.258 e. The smallest absolute Gasteiger partial charge is 0.258 e. The fraction of sp³-hybridized carbons (Fsp3) is 0.167. The van der Waals surface area contributed by atoms with Crippen LogP contribution in [0.15, 0.2) is 34.9 Å². The van der Waals surface area contributed by atoms with Crippen molar-refractivity contribution in [1.29, 1.82) is 0 Å². The van der Waals surface area contributed by atoms with Crippen LogP contribution in [0.25, 0.3) is 0 Å². The van der Waals surface area contributed by atoms with Gasteiger partial charge >= 0.3 is 0 Å². The predicted molar refractivity (Wildman–Crippen MR) is 69.0 cm³/mol. The topological polar surface area (TPSA) is 37.4 Å². The van der Waals surface area contributed by atoms with Gasteiger partial charge in [-0.1, -0.05) is 11.6 Å². The average Bonchev–Trinajstić information content (AvgIpc) is 2.29. The normalized spacial score (nSPS) is 15.2. The number of halogens is 2. The van der Waals surface area contributed by atoms with Crippen molar-refractivity contribution < 1.29 is 9.59 Å². The zero-order valence-electron chi connectivity index (χ0n) is 8.82. The van der Waals surface area contributed by atoms with E-state index in [9.17, 15) is 9.59 Å². The number of rotatable bonds is 1. The van der Waals surface area contributed by atoms with E-state index < -0.39 is 0 Å². The highest BCUT2D eigenvalue weighted by Crippen LogP contribution is 2.23. The lowest BCUT2D eigenvalue weighted by molar-refractivity contribution is -0.115. The first-order valence-corrected chi connectivity index (χ1v) is 6.22. The second-order valence-corrected chi connectivity index (χ2v) is 4.95. The summed E-state index contributed by atoms with van der Waals surface area (Å²) in [6, 6.07) is 5.00. The van der Waals surface area contributed by atoms with Gasteiger partial charge in [0.2, 0.25) is 0 Å². The van der Waals surface area contributed by atoms with Gasteiger partial charge in [0.15, 0.2) is 5.78 Å².